The summed E-state index contributed by atoms with van der Waals surface area (Å²) in [5.41, 5.74) is 5.20. The van der Waals surface area contributed by atoms with Gasteiger partial charge in [0.2, 0.25) is 5.95 Å². The Morgan fingerprint density at radius 2 is 1.81 bits per heavy atom. The maximum atomic E-state index is 4.86. The molecule has 2 aromatic heterocycles. The molecule has 4 aromatic rings. The van der Waals surface area contributed by atoms with E-state index < -0.39 is 0 Å². The van der Waals surface area contributed by atoms with Crippen LogP contribution in [0.15, 0.2) is 54.6 Å². The Balaban J connectivity index is 1.61. The summed E-state index contributed by atoms with van der Waals surface area (Å²) >= 11 is 0. The number of anilines is 2. The molecule has 0 radical (unpaired) electrons. The molecule has 0 saturated heterocycles. The minimum absolute atomic E-state index is 0.551. The Morgan fingerprint density at radius 1 is 1.00 bits per heavy atom. The number of hydrogen-bond acceptors (Lipinski definition) is 4. The van der Waals surface area contributed by atoms with E-state index in [0.717, 1.165) is 33.7 Å². The van der Waals surface area contributed by atoms with Crippen LogP contribution in [0.3, 0.4) is 0 Å². The fourth-order valence-electron chi connectivity index (χ4n) is 3.27. The third kappa shape index (κ3) is 2.71. The second-order valence-electron chi connectivity index (χ2n) is 6.83. The quantitative estimate of drug-likeness (QED) is 0.551. The number of aromatic nitrogens is 4. The van der Waals surface area contributed by atoms with Gasteiger partial charge in [-0.15, -0.1) is 5.10 Å². The molecule has 5 rings (SSSR count). The van der Waals surface area contributed by atoms with Gasteiger partial charge in [-0.1, -0.05) is 42.5 Å². The maximum Gasteiger partial charge on any atom is 0.246 e. The number of nitrogens with one attached hydrogen (secondary N) is 2. The van der Waals surface area contributed by atoms with Gasteiger partial charge in [0.15, 0.2) is 0 Å². The predicted octanol–water partition coefficient (Wildman–Crippen LogP) is 4.95. The van der Waals surface area contributed by atoms with Crippen LogP contribution in [0.4, 0.5) is 11.6 Å². The first-order valence-electron chi connectivity index (χ1n) is 8.93. The number of aryl methyl sites for hydroxylation is 1. The van der Waals surface area contributed by atoms with E-state index in [1.54, 1.807) is 0 Å². The molecule has 0 spiro atoms. The van der Waals surface area contributed by atoms with Crippen molar-refractivity contribution >= 4 is 22.5 Å². The Labute approximate surface area is 151 Å². The largest absolute Gasteiger partial charge is 0.322 e. The lowest BCUT2D eigenvalue weighted by Gasteiger charge is -2.11. The number of pyridine rings is 1. The number of rotatable bonds is 4. The molecule has 0 atom stereocenters. The van der Waals surface area contributed by atoms with Crippen molar-refractivity contribution < 1.29 is 0 Å². The van der Waals surface area contributed by atoms with E-state index in [9.17, 15) is 0 Å². The molecular weight excluding hydrogens is 322 g/mol. The SMILES string of the molecule is Cc1ccccc1-c1cc(Nc2n[nH]c(C3CC3)n2)c2ccccc2n1. The van der Waals surface area contributed by atoms with Crippen molar-refractivity contribution in [3.05, 3.63) is 66.0 Å². The zero-order chi connectivity index (χ0) is 17.5. The number of nitrogens with zero attached hydrogens (tertiary/aromatic N) is 3. The molecule has 128 valence electrons. The molecule has 2 heterocycles. The lowest BCUT2D eigenvalue weighted by Crippen LogP contribution is -1.97. The number of aromatic amines is 1. The summed E-state index contributed by atoms with van der Waals surface area (Å²) in [6.45, 7) is 2.11. The van der Waals surface area contributed by atoms with Crippen LogP contribution in [0.25, 0.3) is 22.2 Å². The second kappa shape index (κ2) is 5.95. The minimum Gasteiger partial charge on any atom is -0.322 e. The summed E-state index contributed by atoms with van der Waals surface area (Å²) in [5, 5.41) is 11.8. The molecule has 5 nitrogen and oxygen atoms in total. The molecule has 1 saturated carbocycles. The van der Waals surface area contributed by atoms with Crippen LogP contribution in [0.5, 0.6) is 0 Å². The van der Waals surface area contributed by atoms with Gasteiger partial charge in [-0.25, -0.2) is 4.98 Å². The molecule has 1 aliphatic rings. The smallest absolute Gasteiger partial charge is 0.246 e. The van der Waals surface area contributed by atoms with Gasteiger partial charge in [-0.05, 0) is 37.5 Å². The monoisotopic (exact) mass is 341 g/mol. The van der Waals surface area contributed by atoms with Gasteiger partial charge >= 0.3 is 0 Å². The highest BCUT2D eigenvalue weighted by atomic mass is 15.3. The number of H-pyrrole nitrogens is 1. The lowest BCUT2D eigenvalue weighted by atomic mass is 10.0. The first kappa shape index (κ1) is 15.1. The van der Waals surface area contributed by atoms with Crippen LogP contribution in [0, 0.1) is 6.92 Å². The van der Waals surface area contributed by atoms with E-state index in [4.69, 9.17) is 4.98 Å². The lowest BCUT2D eigenvalue weighted by molar-refractivity contribution is 0.935. The predicted molar refractivity (Wildman–Crippen MR) is 104 cm³/mol. The van der Waals surface area contributed by atoms with Crippen LogP contribution in [-0.4, -0.2) is 20.2 Å². The summed E-state index contributed by atoms with van der Waals surface area (Å²) < 4.78 is 0. The zero-order valence-corrected chi connectivity index (χ0v) is 14.5. The summed E-state index contributed by atoms with van der Waals surface area (Å²) in [6, 6.07) is 18.5. The van der Waals surface area contributed by atoms with E-state index in [0.29, 0.717) is 11.9 Å². The van der Waals surface area contributed by atoms with Crippen molar-refractivity contribution in [1.82, 2.24) is 20.2 Å². The molecule has 26 heavy (non-hydrogen) atoms. The molecule has 1 fully saturated rings. The number of fused-ring (bicyclic) bond motifs is 1. The number of para-hydroxylation sites is 1. The fourth-order valence-corrected chi connectivity index (χ4v) is 3.27. The second-order valence-corrected chi connectivity index (χ2v) is 6.83. The molecule has 1 aliphatic carbocycles. The normalized spacial score (nSPS) is 13.9. The molecular formula is C21H19N5. The van der Waals surface area contributed by atoms with Gasteiger partial charge in [0.25, 0.3) is 0 Å². The van der Waals surface area contributed by atoms with Crippen LogP contribution >= 0.6 is 0 Å². The molecule has 2 aromatic carbocycles. The van der Waals surface area contributed by atoms with Gasteiger partial charge < -0.3 is 5.32 Å². The summed E-state index contributed by atoms with van der Waals surface area (Å²) in [4.78, 5) is 9.46. The fraction of sp³-hybridized carbons (Fsp3) is 0.190. The van der Waals surface area contributed by atoms with Crippen LogP contribution in [-0.2, 0) is 0 Å². The first-order valence-corrected chi connectivity index (χ1v) is 8.93. The van der Waals surface area contributed by atoms with Crippen LogP contribution < -0.4 is 5.32 Å². The average molecular weight is 341 g/mol. The van der Waals surface area contributed by atoms with Gasteiger partial charge in [0.05, 0.1) is 16.9 Å². The number of hydrogen-bond donors (Lipinski definition) is 2. The van der Waals surface area contributed by atoms with Crippen LogP contribution in [0.2, 0.25) is 0 Å². The Bertz CT molecular complexity index is 1090. The van der Waals surface area contributed by atoms with Crippen molar-refractivity contribution in [1.29, 1.82) is 0 Å². The molecule has 0 aliphatic heterocycles. The van der Waals surface area contributed by atoms with Crippen molar-refractivity contribution in [2.75, 3.05) is 5.32 Å². The van der Waals surface area contributed by atoms with Gasteiger partial charge in [-0.3, -0.25) is 5.10 Å². The zero-order valence-electron chi connectivity index (χ0n) is 14.5. The van der Waals surface area contributed by atoms with Gasteiger partial charge in [0, 0.05) is 16.9 Å². The molecule has 0 unspecified atom stereocenters. The highest BCUT2D eigenvalue weighted by Gasteiger charge is 2.27. The van der Waals surface area contributed by atoms with Crippen molar-refractivity contribution in [2.24, 2.45) is 0 Å². The summed E-state index contributed by atoms with van der Waals surface area (Å²) in [5.74, 6) is 2.14. The molecule has 0 amide bonds. The Morgan fingerprint density at radius 3 is 2.65 bits per heavy atom. The highest BCUT2D eigenvalue weighted by molar-refractivity contribution is 5.95. The maximum absolute atomic E-state index is 4.86. The van der Waals surface area contributed by atoms with E-state index in [-0.39, 0.29) is 0 Å². The van der Waals surface area contributed by atoms with Crippen molar-refractivity contribution in [2.45, 2.75) is 25.7 Å². The Kier molecular flexibility index (Phi) is 3.45. The topological polar surface area (TPSA) is 66.5 Å². The van der Waals surface area contributed by atoms with E-state index in [1.165, 1.54) is 18.4 Å². The molecule has 0 bridgehead atoms. The van der Waals surface area contributed by atoms with Gasteiger partial charge in [0.1, 0.15) is 5.82 Å². The average Bonchev–Trinajstić information content (AvgIpc) is 3.41. The van der Waals surface area contributed by atoms with Crippen molar-refractivity contribution in [3.8, 4) is 11.3 Å². The highest BCUT2D eigenvalue weighted by Crippen LogP contribution is 2.38. The van der Waals surface area contributed by atoms with Crippen LogP contribution in [0.1, 0.15) is 30.1 Å². The number of benzene rings is 2. The molecule has 2 N–H and O–H groups in total. The first-order chi connectivity index (χ1) is 12.8. The van der Waals surface area contributed by atoms with E-state index in [1.807, 2.05) is 30.3 Å². The Hall–Kier alpha value is -3.21. The standard InChI is InChI=1S/C21H19N5/c1-13-6-2-3-7-15(13)18-12-19(16-8-4-5-9-17(16)22-18)23-21-24-20(25-26-21)14-10-11-14/h2-9,12,14H,10-11H2,1H3,(H2,22,23,24,25,26). The van der Waals surface area contributed by atoms with E-state index >= 15 is 0 Å². The summed E-state index contributed by atoms with van der Waals surface area (Å²) in [6.07, 6.45) is 2.40. The third-order valence-corrected chi connectivity index (χ3v) is 4.85. The minimum atomic E-state index is 0.551. The van der Waals surface area contributed by atoms with Gasteiger partial charge in [-0.2, -0.15) is 4.98 Å². The summed E-state index contributed by atoms with van der Waals surface area (Å²) in [7, 11) is 0. The van der Waals surface area contributed by atoms with E-state index in [2.05, 4.69) is 51.7 Å². The van der Waals surface area contributed by atoms with Crippen molar-refractivity contribution in [3.63, 3.8) is 0 Å². The molecule has 5 heteroatoms. The third-order valence-electron chi connectivity index (χ3n) is 4.85.